The molecule has 1 heterocycles. The standard InChI is InChI=1S/C26H39N3O3Si/c1-26(2,3)33(4,5)32-23-8-6-7-21(17-23)28-16-15-19-9-12-22(13-10-19)31-24-14-11-20(18-29-24)25(27)30/h9-14,18,21,23,28H,6-8,15-17H2,1-5H3,(H2,27,30)/t21-,23-/m1/s1. The molecule has 180 valence electrons. The Kier molecular flexibility index (Phi) is 8.32. The molecule has 0 radical (unpaired) electrons. The third kappa shape index (κ3) is 7.38. The molecule has 2 aromatic rings. The van der Waals surface area contributed by atoms with Crippen LogP contribution in [0, 0.1) is 0 Å². The minimum Gasteiger partial charge on any atom is -0.439 e. The van der Waals surface area contributed by atoms with E-state index in [1.54, 1.807) is 12.1 Å². The van der Waals surface area contributed by atoms with Crippen LogP contribution < -0.4 is 15.8 Å². The van der Waals surface area contributed by atoms with Crippen LogP contribution in [0.3, 0.4) is 0 Å². The van der Waals surface area contributed by atoms with Crippen LogP contribution in [0.25, 0.3) is 0 Å². The van der Waals surface area contributed by atoms with E-state index < -0.39 is 14.2 Å². The molecule has 0 saturated heterocycles. The summed E-state index contributed by atoms with van der Waals surface area (Å²) in [7, 11) is -1.71. The van der Waals surface area contributed by atoms with Crippen LogP contribution in [-0.4, -0.2) is 37.9 Å². The van der Waals surface area contributed by atoms with Crippen molar-refractivity contribution in [3.05, 3.63) is 53.7 Å². The van der Waals surface area contributed by atoms with E-state index in [4.69, 9.17) is 14.9 Å². The summed E-state index contributed by atoms with van der Waals surface area (Å²) in [5.74, 6) is 0.643. The molecule has 2 atom stereocenters. The van der Waals surface area contributed by atoms with E-state index in [1.165, 1.54) is 31.0 Å². The molecule has 0 aliphatic heterocycles. The molecule has 3 rings (SSSR count). The lowest BCUT2D eigenvalue weighted by Crippen LogP contribution is -2.47. The van der Waals surface area contributed by atoms with Gasteiger partial charge < -0.3 is 20.2 Å². The summed E-state index contributed by atoms with van der Waals surface area (Å²) in [6, 6.07) is 11.8. The fraction of sp³-hybridized carbons (Fsp3) is 0.538. The summed E-state index contributed by atoms with van der Waals surface area (Å²) in [6.07, 6.45) is 7.54. The lowest BCUT2D eigenvalue weighted by Gasteiger charge is -2.41. The van der Waals surface area contributed by atoms with E-state index >= 15 is 0 Å². The quantitative estimate of drug-likeness (QED) is 0.478. The van der Waals surface area contributed by atoms with Gasteiger partial charge in [-0.1, -0.05) is 32.9 Å². The number of hydrogen-bond acceptors (Lipinski definition) is 5. The van der Waals surface area contributed by atoms with E-state index in [0.717, 1.165) is 19.4 Å². The van der Waals surface area contributed by atoms with Crippen LogP contribution in [0.5, 0.6) is 11.6 Å². The zero-order chi connectivity index (χ0) is 24.1. The van der Waals surface area contributed by atoms with Crippen molar-refractivity contribution >= 4 is 14.2 Å². The largest absolute Gasteiger partial charge is 0.439 e. The summed E-state index contributed by atoms with van der Waals surface area (Å²) >= 11 is 0. The van der Waals surface area contributed by atoms with Gasteiger partial charge in [0.2, 0.25) is 11.8 Å². The number of nitrogens with one attached hydrogen (secondary N) is 1. The fourth-order valence-electron chi connectivity index (χ4n) is 3.88. The average Bonchev–Trinajstić information content (AvgIpc) is 2.74. The van der Waals surface area contributed by atoms with Gasteiger partial charge in [0.25, 0.3) is 0 Å². The third-order valence-corrected chi connectivity index (χ3v) is 11.4. The molecule has 33 heavy (non-hydrogen) atoms. The SMILES string of the molecule is CC(C)(C)[Si](C)(C)O[C@@H]1CCC[C@@H](NCCc2ccc(Oc3ccc(C(N)=O)cn3)cc2)C1. The van der Waals surface area contributed by atoms with Gasteiger partial charge in [0.1, 0.15) is 5.75 Å². The number of carbonyl (C=O) groups excluding carboxylic acids is 1. The second kappa shape index (κ2) is 10.8. The number of carbonyl (C=O) groups is 1. The fourth-order valence-corrected chi connectivity index (χ4v) is 5.28. The summed E-state index contributed by atoms with van der Waals surface area (Å²) < 4.78 is 12.4. The smallest absolute Gasteiger partial charge is 0.250 e. The first kappa shape index (κ1) is 25.4. The predicted molar refractivity (Wildman–Crippen MR) is 135 cm³/mol. The highest BCUT2D eigenvalue weighted by molar-refractivity contribution is 6.74. The van der Waals surface area contributed by atoms with Crippen molar-refractivity contribution in [2.45, 2.75) is 83.2 Å². The minimum atomic E-state index is -1.71. The van der Waals surface area contributed by atoms with Crippen molar-refractivity contribution in [3.8, 4) is 11.6 Å². The minimum absolute atomic E-state index is 0.256. The van der Waals surface area contributed by atoms with Crippen LogP contribution in [0.1, 0.15) is 62.4 Å². The Morgan fingerprint density at radius 3 is 2.48 bits per heavy atom. The van der Waals surface area contributed by atoms with Crippen LogP contribution in [0.2, 0.25) is 18.1 Å². The number of amides is 1. The van der Waals surface area contributed by atoms with Gasteiger partial charge in [0.15, 0.2) is 8.32 Å². The number of rotatable bonds is 9. The van der Waals surface area contributed by atoms with Crippen molar-refractivity contribution in [2.24, 2.45) is 5.73 Å². The molecule has 0 spiro atoms. The molecule has 1 saturated carbocycles. The Hall–Kier alpha value is -2.22. The van der Waals surface area contributed by atoms with E-state index in [-0.39, 0.29) is 5.04 Å². The molecule has 1 aliphatic carbocycles. The third-order valence-electron chi connectivity index (χ3n) is 6.91. The van der Waals surface area contributed by atoms with Crippen LogP contribution in [-0.2, 0) is 10.8 Å². The topological polar surface area (TPSA) is 86.5 Å². The van der Waals surface area contributed by atoms with E-state index in [2.05, 4.69) is 56.3 Å². The Morgan fingerprint density at radius 1 is 1.15 bits per heavy atom. The maximum absolute atomic E-state index is 11.1. The van der Waals surface area contributed by atoms with Crippen molar-refractivity contribution in [1.82, 2.24) is 10.3 Å². The van der Waals surface area contributed by atoms with Crippen LogP contribution in [0.15, 0.2) is 42.6 Å². The Labute approximate surface area is 199 Å². The summed E-state index contributed by atoms with van der Waals surface area (Å²) in [6.45, 7) is 12.6. The second-order valence-corrected chi connectivity index (χ2v) is 15.3. The van der Waals surface area contributed by atoms with E-state index in [0.29, 0.717) is 29.3 Å². The van der Waals surface area contributed by atoms with Gasteiger partial charge in [0.05, 0.1) is 5.56 Å². The number of aromatic nitrogens is 1. The van der Waals surface area contributed by atoms with Gasteiger partial charge in [-0.25, -0.2) is 4.98 Å². The molecule has 0 unspecified atom stereocenters. The summed E-state index contributed by atoms with van der Waals surface area (Å²) in [4.78, 5) is 15.3. The molecule has 1 fully saturated rings. The first-order chi connectivity index (χ1) is 15.5. The van der Waals surface area contributed by atoms with Crippen molar-refractivity contribution in [1.29, 1.82) is 0 Å². The Bertz CT molecular complexity index is 908. The number of pyridine rings is 1. The van der Waals surface area contributed by atoms with Crippen molar-refractivity contribution in [2.75, 3.05) is 6.54 Å². The summed E-state index contributed by atoms with van der Waals surface area (Å²) in [5, 5.41) is 4.01. The molecule has 1 amide bonds. The van der Waals surface area contributed by atoms with Gasteiger partial charge >= 0.3 is 0 Å². The number of primary amides is 1. The highest BCUT2D eigenvalue weighted by Gasteiger charge is 2.40. The first-order valence-corrected chi connectivity index (χ1v) is 14.9. The van der Waals surface area contributed by atoms with E-state index in [1.807, 2.05) is 12.1 Å². The van der Waals surface area contributed by atoms with Crippen molar-refractivity contribution in [3.63, 3.8) is 0 Å². The molecule has 1 aromatic carbocycles. The van der Waals surface area contributed by atoms with Gasteiger partial charge in [-0.15, -0.1) is 0 Å². The zero-order valence-corrected chi connectivity index (χ0v) is 21.7. The monoisotopic (exact) mass is 469 g/mol. The Morgan fingerprint density at radius 2 is 1.88 bits per heavy atom. The first-order valence-electron chi connectivity index (χ1n) is 12.0. The molecule has 0 bridgehead atoms. The molecule has 7 heteroatoms. The number of nitrogens with two attached hydrogens (primary N) is 1. The molecule has 1 aliphatic rings. The van der Waals surface area contributed by atoms with Crippen LogP contribution >= 0.6 is 0 Å². The maximum Gasteiger partial charge on any atom is 0.250 e. The molecular weight excluding hydrogens is 430 g/mol. The van der Waals surface area contributed by atoms with Crippen LogP contribution in [0.4, 0.5) is 0 Å². The van der Waals surface area contributed by atoms with Gasteiger partial charge in [0, 0.05) is 24.4 Å². The molecule has 3 N–H and O–H groups in total. The molecular formula is C26H39N3O3Si. The maximum atomic E-state index is 11.1. The molecule has 6 nitrogen and oxygen atoms in total. The van der Waals surface area contributed by atoms with E-state index in [9.17, 15) is 4.79 Å². The van der Waals surface area contributed by atoms with Gasteiger partial charge in [-0.05, 0) is 80.5 Å². The lowest BCUT2D eigenvalue weighted by molar-refractivity contribution is 0.1000. The average molecular weight is 470 g/mol. The second-order valence-electron chi connectivity index (χ2n) is 10.6. The van der Waals surface area contributed by atoms with Gasteiger partial charge in [-0.2, -0.15) is 0 Å². The zero-order valence-electron chi connectivity index (χ0n) is 20.7. The Balaban J connectivity index is 1.43. The number of ether oxygens (including phenoxy) is 1. The van der Waals surface area contributed by atoms with Crippen molar-refractivity contribution < 1.29 is 14.0 Å². The number of nitrogens with zero attached hydrogens (tertiary/aromatic N) is 1. The highest BCUT2D eigenvalue weighted by Crippen LogP contribution is 2.39. The summed E-state index contributed by atoms with van der Waals surface area (Å²) in [5.41, 5.74) is 6.86. The normalized spacial score (nSPS) is 19.3. The number of hydrogen-bond donors (Lipinski definition) is 2. The van der Waals surface area contributed by atoms with Gasteiger partial charge in [-0.3, -0.25) is 4.79 Å². The lowest BCUT2D eigenvalue weighted by atomic mass is 9.93. The highest BCUT2D eigenvalue weighted by atomic mass is 28.4. The predicted octanol–water partition coefficient (Wildman–Crippen LogP) is 5.44. The number of benzene rings is 1. The molecule has 1 aromatic heterocycles.